The summed E-state index contributed by atoms with van der Waals surface area (Å²) in [4.78, 5) is 23.3. The fraction of sp³-hybridized carbons (Fsp3) is 0.467. The van der Waals surface area contributed by atoms with Crippen molar-refractivity contribution in [2.75, 3.05) is 7.11 Å². The van der Waals surface area contributed by atoms with Crippen molar-refractivity contribution in [2.45, 2.75) is 38.8 Å². The van der Waals surface area contributed by atoms with Crippen molar-refractivity contribution in [1.29, 1.82) is 0 Å². The highest BCUT2D eigenvalue weighted by Gasteiger charge is 2.33. The number of hydrogen-bond donors (Lipinski definition) is 1. The molecule has 1 amide bonds. The molecule has 0 bridgehead atoms. The van der Waals surface area contributed by atoms with Crippen molar-refractivity contribution in [3.05, 3.63) is 29.6 Å². The van der Waals surface area contributed by atoms with Gasteiger partial charge in [-0.1, -0.05) is 0 Å². The zero-order valence-corrected chi connectivity index (χ0v) is 12.8. The highest BCUT2D eigenvalue weighted by molar-refractivity contribution is 5.78. The Kier molecular flexibility index (Phi) is 4.93. The zero-order chi connectivity index (χ0) is 16.3. The van der Waals surface area contributed by atoms with E-state index in [1.54, 1.807) is 20.8 Å². The molecule has 6 heteroatoms. The smallest absolute Gasteiger partial charge is 0.408 e. The predicted molar refractivity (Wildman–Crippen MR) is 75.7 cm³/mol. The van der Waals surface area contributed by atoms with Crippen LogP contribution in [0.3, 0.4) is 0 Å². The van der Waals surface area contributed by atoms with Gasteiger partial charge >= 0.3 is 6.09 Å². The Labute approximate surface area is 123 Å². The molecule has 0 heterocycles. The van der Waals surface area contributed by atoms with Crippen molar-refractivity contribution < 1.29 is 23.5 Å². The van der Waals surface area contributed by atoms with Gasteiger partial charge in [0.05, 0.1) is 7.11 Å². The second-order valence-corrected chi connectivity index (χ2v) is 5.79. The normalized spacial score (nSPS) is 14.0. The molecule has 0 aromatic heterocycles. The van der Waals surface area contributed by atoms with Crippen molar-refractivity contribution in [3.63, 3.8) is 0 Å². The number of nitrogens with one attached hydrogen (secondary N) is 1. The summed E-state index contributed by atoms with van der Waals surface area (Å²) in [5.41, 5.74) is -1.96. The number of halogens is 1. The standard InChI is InChI=1S/C15H20FNO4/c1-14(2,3)21-13(19)17-15(4,9-18)11-8-10(16)6-7-12(11)20-5/h6-9H,1-5H3,(H,17,19). The number of benzene rings is 1. The maximum Gasteiger partial charge on any atom is 0.408 e. The third-order valence-electron chi connectivity index (χ3n) is 2.72. The summed E-state index contributed by atoms with van der Waals surface area (Å²) in [7, 11) is 1.40. The number of carbonyl (C=O) groups excluding carboxylic acids is 2. The summed E-state index contributed by atoms with van der Waals surface area (Å²) in [5.74, 6) is -0.244. The van der Waals surface area contributed by atoms with Crippen LogP contribution in [-0.4, -0.2) is 25.1 Å². The number of aldehydes is 1. The summed E-state index contributed by atoms with van der Waals surface area (Å²) in [6.07, 6.45) is -0.266. The molecule has 5 nitrogen and oxygen atoms in total. The summed E-state index contributed by atoms with van der Waals surface area (Å²) in [6, 6.07) is 3.74. The van der Waals surface area contributed by atoms with E-state index in [0.29, 0.717) is 12.0 Å². The summed E-state index contributed by atoms with van der Waals surface area (Å²) < 4.78 is 23.7. The van der Waals surface area contributed by atoms with Gasteiger partial charge < -0.3 is 19.6 Å². The van der Waals surface area contributed by atoms with E-state index in [1.807, 2.05) is 0 Å². The molecule has 1 atom stereocenters. The first-order valence-electron chi connectivity index (χ1n) is 6.43. The lowest BCUT2D eigenvalue weighted by Crippen LogP contribution is -2.47. The van der Waals surface area contributed by atoms with Crippen molar-refractivity contribution in [3.8, 4) is 5.75 Å². The van der Waals surface area contributed by atoms with Gasteiger partial charge in [0.15, 0.2) is 0 Å². The van der Waals surface area contributed by atoms with Crippen LogP contribution in [0.4, 0.5) is 9.18 Å². The minimum absolute atomic E-state index is 0.214. The Bertz CT molecular complexity index is 539. The van der Waals surface area contributed by atoms with Gasteiger partial charge in [0.1, 0.15) is 29.0 Å². The van der Waals surface area contributed by atoms with Gasteiger partial charge in [-0.2, -0.15) is 0 Å². The fourth-order valence-corrected chi connectivity index (χ4v) is 1.76. The van der Waals surface area contributed by atoms with Crippen LogP contribution in [0.5, 0.6) is 5.75 Å². The molecule has 1 N–H and O–H groups in total. The molecule has 0 radical (unpaired) electrons. The summed E-state index contributed by atoms with van der Waals surface area (Å²) in [5, 5.41) is 2.44. The van der Waals surface area contributed by atoms with Crippen LogP contribution >= 0.6 is 0 Å². The Morgan fingerprint density at radius 2 is 1.90 bits per heavy atom. The van der Waals surface area contributed by atoms with E-state index in [0.717, 1.165) is 6.07 Å². The molecule has 0 aliphatic heterocycles. The number of rotatable bonds is 4. The number of methoxy groups -OCH3 is 1. The van der Waals surface area contributed by atoms with E-state index in [4.69, 9.17) is 9.47 Å². The second kappa shape index (κ2) is 6.11. The third kappa shape index (κ3) is 4.44. The maximum absolute atomic E-state index is 13.4. The summed E-state index contributed by atoms with van der Waals surface area (Å²) in [6.45, 7) is 6.55. The van der Waals surface area contributed by atoms with Crippen LogP contribution < -0.4 is 10.1 Å². The SMILES string of the molecule is COc1ccc(F)cc1C(C)(C=O)NC(=O)OC(C)(C)C. The van der Waals surface area contributed by atoms with Gasteiger partial charge in [-0.15, -0.1) is 0 Å². The molecule has 0 saturated carbocycles. The average molecular weight is 297 g/mol. The average Bonchev–Trinajstić information content (AvgIpc) is 2.36. The lowest BCUT2D eigenvalue weighted by atomic mass is 9.92. The van der Waals surface area contributed by atoms with E-state index in [9.17, 15) is 14.0 Å². The van der Waals surface area contributed by atoms with E-state index < -0.39 is 23.1 Å². The van der Waals surface area contributed by atoms with E-state index in [2.05, 4.69) is 5.32 Å². The van der Waals surface area contributed by atoms with Crippen molar-refractivity contribution >= 4 is 12.4 Å². The Morgan fingerprint density at radius 1 is 1.29 bits per heavy atom. The number of carbonyl (C=O) groups is 2. The van der Waals surface area contributed by atoms with Crippen molar-refractivity contribution in [1.82, 2.24) is 5.32 Å². The molecular formula is C15H20FNO4. The molecule has 0 aliphatic carbocycles. The van der Waals surface area contributed by atoms with Gasteiger partial charge in [0, 0.05) is 5.56 Å². The van der Waals surface area contributed by atoms with Crippen LogP contribution in [-0.2, 0) is 15.1 Å². The predicted octanol–water partition coefficient (Wildman–Crippen LogP) is 2.77. The fourth-order valence-electron chi connectivity index (χ4n) is 1.76. The Hall–Kier alpha value is -2.11. The summed E-state index contributed by atoms with van der Waals surface area (Å²) >= 11 is 0. The molecule has 0 fully saturated rings. The molecule has 0 saturated heterocycles. The number of amides is 1. The second-order valence-electron chi connectivity index (χ2n) is 5.79. The van der Waals surface area contributed by atoms with Crippen LogP contribution in [0.2, 0.25) is 0 Å². The molecular weight excluding hydrogens is 277 g/mol. The van der Waals surface area contributed by atoms with Gasteiger partial charge in [-0.25, -0.2) is 9.18 Å². The molecule has 1 aromatic rings. The Balaban J connectivity index is 3.13. The lowest BCUT2D eigenvalue weighted by Gasteiger charge is -2.29. The van der Waals surface area contributed by atoms with Crippen molar-refractivity contribution in [2.24, 2.45) is 0 Å². The largest absolute Gasteiger partial charge is 0.496 e. The first-order valence-corrected chi connectivity index (χ1v) is 6.43. The van der Waals surface area contributed by atoms with E-state index in [1.165, 1.54) is 26.2 Å². The Morgan fingerprint density at radius 3 is 2.38 bits per heavy atom. The first-order chi connectivity index (χ1) is 9.61. The monoisotopic (exact) mass is 297 g/mol. The van der Waals surface area contributed by atoms with E-state index >= 15 is 0 Å². The van der Waals surface area contributed by atoms with Gasteiger partial charge in [0.2, 0.25) is 0 Å². The highest BCUT2D eigenvalue weighted by atomic mass is 19.1. The lowest BCUT2D eigenvalue weighted by molar-refractivity contribution is -0.113. The number of alkyl carbamates (subject to hydrolysis) is 1. The molecule has 21 heavy (non-hydrogen) atoms. The third-order valence-corrected chi connectivity index (χ3v) is 2.72. The molecule has 0 spiro atoms. The molecule has 1 rings (SSSR count). The van der Waals surface area contributed by atoms with Crippen LogP contribution in [0.15, 0.2) is 18.2 Å². The maximum atomic E-state index is 13.4. The van der Waals surface area contributed by atoms with Gasteiger partial charge in [-0.3, -0.25) is 0 Å². The molecule has 0 aliphatic rings. The molecule has 1 unspecified atom stereocenters. The zero-order valence-electron chi connectivity index (χ0n) is 12.8. The van der Waals surface area contributed by atoms with Crippen LogP contribution in [0.1, 0.15) is 33.3 Å². The highest BCUT2D eigenvalue weighted by Crippen LogP contribution is 2.29. The van der Waals surface area contributed by atoms with Gasteiger partial charge in [0.25, 0.3) is 0 Å². The first kappa shape index (κ1) is 16.9. The van der Waals surface area contributed by atoms with Crippen LogP contribution in [0, 0.1) is 5.82 Å². The van der Waals surface area contributed by atoms with Crippen LogP contribution in [0.25, 0.3) is 0 Å². The van der Waals surface area contributed by atoms with Gasteiger partial charge in [-0.05, 0) is 45.9 Å². The molecule has 1 aromatic carbocycles. The molecule has 116 valence electrons. The minimum Gasteiger partial charge on any atom is -0.496 e. The number of ether oxygens (including phenoxy) is 2. The minimum atomic E-state index is -1.46. The number of hydrogen-bond acceptors (Lipinski definition) is 4. The quantitative estimate of drug-likeness (QED) is 0.868. The van der Waals surface area contributed by atoms with E-state index in [-0.39, 0.29) is 5.56 Å². The topological polar surface area (TPSA) is 64.6 Å².